The first-order valence-corrected chi connectivity index (χ1v) is 14.8. The van der Waals surface area contributed by atoms with Gasteiger partial charge >= 0.3 is 13.1 Å². The highest BCUT2D eigenvalue weighted by atomic mass is 19.1. The van der Waals surface area contributed by atoms with Crippen molar-refractivity contribution in [3.05, 3.63) is 23.5 Å². The number of halogens is 1. The molecule has 1 aromatic carbocycles. The summed E-state index contributed by atoms with van der Waals surface area (Å²) >= 11 is 0. The summed E-state index contributed by atoms with van der Waals surface area (Å²) in [6.45, 7) is 5.66. The van der Waals surface area contributed by atoms with Crippen molar-refractivity contribution in [2.24, 2.45) is 28.6 Å². The lowest BCUT2D eigenvalue weighted by molar-refractivity contribution is -0.213. The number of carbonyl (C=O) groups is 3. The topological polar surface area (TPSA) is 123 Å². The third-order valence-corrected chi connectivity index (χ3v) is 11.9. The molecule has 222 valence electrons. The molecule has 1 saturated heterocycles. The summed E-state index contributed by atoms with van der Waals surface area (Å²) in [4.78, 5) is 41.5. The zero-order valence-corrected chi connectivity index (χ0v) is 24.2. The number of carbonyl (C=O) groups excluding carboxylic acids is 3. The fourth-order valence-electron chi connectivity index (χ4n) is 9.30. The highest BCUT2D eigenvalue weighted by Gasteiger charge is 2.70. The predicted molar refractivity (Wildman–Crippen MR) is 145 cm³/mol. The highest BCUT2D eigenvalue weighted by Crippen LogP contribution is 2.68. The van der Waals surface area contributed by atoms with Gasteiger partial charge in [0.05, 0.1) is 18.2 Å². The average molecular weight is 571 g/mol. The van der Waals surface area contributed by atoms with E-state index in [4.69, 9.17) is 14.1 Å². The molecule has 1 spiro atoms. The summed E-state index contributed by atoms with van der Waals surface area (Å²) in [6, 6.07) is 2.97. The van der Waals surface area contributed by atoms with Gasteiger partial charge in [-0.05, 0) is 54.6 Å². The van der Waals surface area contributed by atoms with E-state index < -0.39 is 60.0 Å². The van der Waals surface area contributed by atoms with Gasteiger partial charge < -0.3 is 29.2 Å². The number of benzene rings is 1. The van der Waals surface area contributed by atoms with Crippen LogP contribution in [0.25, 0.3) is 0 Å². The smallest absolute Gasteiger partial charge is 0.479 e. The molecular weight excluding hydrogens is 532 g/mol. The van der Waals surface area contributed by atoms with Gasteiger partial charge in [0.2, 0.25) is 5.91 Å². The maximum absolute atomic E-state index is 15.0. The van der Waals surface area contributed by atoms with Crippen LogP contribution >= 0.6 is 0 Å². The number of aliphatic hydroxyl groups is 1. The van der Waals surface area contributed by atoms with Gasteiger partial charge in [-0.1, -0.05) is 26.8 Å². The van der Waals surface area contributed by atoms with Crippen LogP contribution in [0.15, 0.2) is 12.1 Å². The van der Waals surface area contributed by atoms with Crippen LogP contribution in [0.2, 0.25) is 0 Å². The maximum atomic E-state index is 15.0. The molecule has 11 heteroatoms. The highest BCUT2D eigenvalue weighted by molar-refractivity contribution is 6.61. The van der Waals surface area contributed by atoms with E-state index in [1.807, 2.05) is 13.8 Å². The molecule has 41 heavy (non-hydrogen) atoms. The third kappa shape index (κ3) is 3.94. The summed E-state index contributed by atoms with van der Waals surface area (Å²) in [6.07, 6.45) is 1.96. The number of hydrogen-bond acceptors (Lipinski definition) is 8. The van der Waals surface area contributed by atoms with Gasteiger partial charge in [-0.3, -0.25) is 9.59 Å². The van der Waals surface area contributed by atoms with Gasteiger partial charge in [0, 0.05) is 43.1 Å². The average Bonchev–Trinajstić information content (AvgIpc) is 3.59. The lowest BCUT2D eigenvalue weighted by atomic mass is 9.44. The summed E-state index contributed by atoms with van der Waals surface area (Å²) in [5.41, 5.74) is -1.61. The van der Waals surface area contributed by atoms with E-state index in [9.17, 15) is 24.5 Å². The fraction of sp³-hybridized carbons (Fsp3) is 0.700. The van der Waals surface area contributed by atoms with Gasteiger partial charge in [0.15, 0.2) is 18.2 Å². The number of nitrogens with zero attached hydrogens (tertiary/aromatic N) is 1. The Kier molecular flexibility index (Phi) is 6.82. The van der Waals surface area contributed by atoms with Crippen molar-refractivity contribution in [3.63, 3.8) is 0 Å². The predicted octanol–water partition coefficient (Wildman–Crippen LogP) is 2.13. The monoisotopic (exact) mass is 571 g/mol. The molecule has 1 amide bonds. The van der Waals surface area contributed by atoms with Crippen LogP contribution in [-0.2, 0) is 30.4 Å². The Morgan fingerprint density at radius 2 is 1.98 bits per heavy atom. The minimum atomic E-state index is -1.40. The first-order chi connectivity index (χ1) is 19.4. The summed E-state index contributed by atoms with van der Waals surface area (Å²) in [5, 5.41) is 22.0. The maximum Gasteiger partial charge on any atom is 0.494 e. The molecule has 2 aliphatic heterocycles. The van der Waals surface area contributed by atoms with Crippen LogP contribution in [0, 0.1) is 34.4 Å². The Bertz CT molecular complexity index is 1290. The van der Waals surface area contributed by atoms with Gasteiger partial charge in [-0.15, -0.1) is 0 Å². The minimum absolute atomic E-state index is 0.00509. The summed E-state index contributed by atoms with van der Waals surface area (Å²) in [7, 11) is 0.309. The molecule has 5 aliphatic rings. The Labute approximate surface area is 239 Å². The van der Waals surface area contributed by atoms with Crippen LogP contribution in [0.5, 0.6) is 5.75 Å². The van der Waals surface area contributed by atoms with E-state index in [1.165, 1.54) is 6.07 Å². The van der Waals surface area contributed by atoms with Gasteiger partial charge in [-0.2, -0.15) is 0 Å². The molecule has 0 radical (unpaired) electrons. The van der Waals surface area contributed by atoms with Crippen molar-refractivity contribution in [3.8, 4) is 5.75 Å². The lowest BCUT2D eigenvalue weighted by Gasteiger charge is -2.62. The summed E-state index contributed by atoms with van der Waals surface area (Å²) in [5.74, 6) is -2.22. The number of aliphatic hydroxyl groups excluding tert-OH is 1. The number of hydrogen-bond donors (Lipinski definition) is 2. The van der Waals surface area contributed by atoms with Crippen LogP contribution in [0.1, 0.15) is 71.3 Å². The van der Waals surface area contributed by atoms with Crippen LogP contribution < -0.4 is 10.2 Å². The molecule has 2 bridgehead atoms. The van der Waals surface area contributed by atoms with Gasteiger partial charge in [0.1, 0.15) is 11.9 Å². The van der Waals surface area contributed by atoms with E-state index in [0.717, 1.165) is 12.8 Å². The first kappa shape index (κ1) is 28.6. The van der Waals surface area contributed by atoms with E-state index in [2.05, 4.69) is 6.92 Å². The lowest BCUT2D eigenvalue weighted by Crippen LogP contribution is -2.68. The van der Waals surface area contributed by atoms with Crippen LogP contribution in [0.4, 0.5) is 4.39 Å². The standard InChI is InChI=1S/C30H39BFNO8/c1-16-7-10-29-11-8-19(34)26(29)28(16,3)21(13-30(27(37)17(29)2)12-9-22(35)33(30)4)41-23(36)15-39-20-6-5-18-14-40-31(38)24(18)25(20)32/h5-6,16-17,21,26-27,37-38H,7-15H2,1-4H3/t16-,17+,21-,26+,27+,28+,29+,30+/m1/s1. The number of amides is 1. The number of ketones is 1. The van der Waals surface area contributed by atoms with Crippen molar-refractivity contribution in [1.29, 1.82) is 0 Å². The molecule has 2 heterocycles. The molecule has 3 aliphatic carbocycles. The Balaban J connectivity index is 1.34. The normalized spacial score (nSPS) is 39.9. The van der Waals surface area contributed by atoms with E-state index in [0.29, 0.717) is 31.2 Å². The molecule has 8 atom stereocenters. The van der Waals surface area contributed by atoms with Gasteiger partial charge in [-0.25, -0.2) is 9.18 Å². The molecule has 2 N–H and O–H groups in total. The van der Waals surface area contributed by atoms with E-state index in [1.54, 1.807) is 18.0 Å². The van der Waals surface area contributed by atoms with Crippen LogP contribution in [-0.4, -0.2) is 71.2 Å². The first-order valence-electron chi connectivity index (χ1n) is 14.8. The zero-order valence-electron chi connectivity index (χ0n) is 24.2. The van der Waals surface area contributed by atoms with E-state index in [-0.39, 0.29) is 47.8 Å². The van der Waals surface area contributed by atoms with Crippen molar-refractivity contribution in [1.82, 2.24) is 4.90 Å². The summed E-state index contributed by atoms with van der Waals surface area (Å²) < 4.78 is 31.9. The largest absolute Gasteiger partial charge is 0.494 e. The van der Waals surface area contributed by atoms with Crippen molar-refractivity contribution in [2.75, 3.05) is 13.7 Å². The second-order valence-corrected chi connectivity index (χ2v) is 13.3. The van der Waals surface area contributed by atoms with Crippen LogP contribution in [0.3, 0.4) is 0 Å². The Morgan fingerprint density at radius 3 is 2.68 bits per heavy atom. The van der Waals surface area contributed by atoms with Crippen molar-refractivity contribution in [2.45, 2.75) is 90.1 Å². The number of ether oxygens (including phenoxy) is 2. The molecule has 1 aromatic rings. The number of likely N-dealkylation sites (tertiary alicyclic amines) is 1. The number of rotatable bonds is 4. The SMILES string of the molecule is C[C@@H]1CC[C@@]23CCC(=O)[C@H]2[C@]1(C)[C@H](OC(=O)COc1ccc2c(c1F)B(O)OC2)C[C@@]1(CCC(=O)N1C)[C@@H](O)[C@@H]3C. The quantitative estimate of drug-likeness (QED) is 0.417. The van der Waals surface area contributed by atoms with Crippen molar-refractivity contribution >= 4 is 30.2 Å². The molecule has 9 nitrogen and oxygen atoms in total. The number of esters is 1. The molecule has 0 unspecified atom stereocenters. The fourth-order valence-corrected chi connectivity index (χ4v) is 9.30. The Hall–Kier alpha value is -2.50. The molecule has 6 rings (SSSR count). The van der Waals surface area contributed by atoms with Gasteiger partial charge in [0.25, 0.3) is 0 Å². The minimum Gasteiger partial charge on any atom is -0.479 e. The number of likely N-dealkylation sites (N-methyl/N-ethyl adjacent to an activating group) is 1. The second kappa shape index (κ2) is 9.78. The molecular formula is C30H39BFNO8. The van der Waals surface area contributed by atoms with E-state index >= 15 is 4.39 Å². The Morgan fingerprint density at radius 1 is 1.22 bits per heavy atom. The molecule has 3 saturated carbocycles. The molecule has 0 aromatic heterocycles. The number of fused-ring (bicyclic) bond motifs is 1. The third-order valence-electron chi connectivity index (χ3n) is 11.9. The zero-order chi connectivity index (χ0) is 29.5. The molecule has 4 fully saturated rings. The number of Topliss-reactive ketones (excluding diaryl/α,β-unsaturated/α-hetero) is 1. The second-order valence-electron chi connectivity index (χ2n) is 13.3. The van der Waals surface area contributed by atoms with Crippen molar-refractivity contribution < 1.29 is 43.0 Å².